The van der Waals surface area contributed by atoms with Gasteiger partial charge in [-0.25, -0.2) is 0 Å². The van der Waals surface area contributed by atoms with Gasteiger partial charge < -0.3 is 4.90 Å². The minimum absolute atomic E-state index is 0.470. The van der Waals surface area contributed by atoms with Gasteiger partial charge in [0.2, 0.25) is 6.41 Å². The molecule has 0 bridgehead atoms. The van der Waals surface area contributed by atoms with E-state index in [9.17, 15) is 4.79 Å². The first-order valence-corrected chi connectivity index (χ1v) is 3.48. The molecule has 52 valence electrons. The fourth-order valence-corrected chi connectivity index (χ4v) is 1.42. The maximum absolute atomic E-state index is 10.4. The summed E-state index contributed by atoms with van der Waals surface area (Å²) in [6.45, 7) is 4.19. The Kier molecular flexibility index (Phi) is 1.74. The van der Waals surface area contributed by atoms with Crippen LogP contribution in [-0.2, 0) is 4.79 Å². The average molecular weight is 127 g/mol. The van der Waals surface area contributed by atoms with Crippen LogP contribution >= 0.6 is 0 Å². The molecule has 0 aromatic carbocycles. The normalized spacial score (nSPS) is 35.1. The third-order valence-electron chi connectivity index (χ3n) is 2.14. The van der Waals surface area contributed by atoms with Gasteiger partial charge in [-0.05, 0) is 26.7 Å². The van der Waals surface area contributed by atoms with Crippen LogP contribution in [0.4, 0.5) is 0 Å². The molecule has 1 fully saturated rings. The van der Waals surface area contributed by atoms with Crippen LogP contribution in [0, 0.1) is 0 Å². The van der Waals surface area contributed by atoms with Gasteiger partial charge in [0.15, 0.2) is 0 Å². The smallest absolute Gasteiger partial charge is 0.210 e. The number of amides is 1. The van der Waals surface area contributed by atoms with Gasteiger partial charge in [0.05, 0.1) is 0 Å². The van der Waals surface area contributed by atoms with Gasteiger partial charge >= 0.3 is 0 Å². The van der Waals surface area contributed by atoms with Crippen molar-refractivity contribution in [3.8, 4) is 0 Å². The molecule has 0 aliphatic carbocycles. The Bertz CT molecular complexity index is 103. The van der Waals surface area contributed by atoms with Gasteiger partial charge in [-0.3, -0.25) is 4.79 Å². The van der Waals surface area contributed by atoms with Gasteiger partial charge in [-0.1, -0.05) is 0 Å². The van der Waals surface area contributed by atoms with E-state index in [0.29, 0.717) is 12.1 Å². The molecule has 0 aromatic rings. The van der Waals surface area contributed by atoms with Crippen molar-refractivity contribution < 1.29 is 4.79 Å². The van der Waals surface area contributed by atoms with Crippen LogP contribution in [0.25, 0.3) is 0 Å². The summed E-state index contributed by atoms with van der Waals surface area (Å²) < 4.78 is 0. The number of likely N-dealkylation sites (tertiary alicyclic amines) is 1. The molecule has 0 saturated carbocycles. The van der Waals surface area contributed by atoms with E-state index in [0.717, 1.165) is 6.41 Å². The Morgan fingerprint density at radius 1 is 1.33 bits per heavy atom. The van der Waals surface area contributed by atoms with Crippen LogP contribution in [0.2, 0.25) is 0 Å². The van der Waals surface area contributed by atoms with Crippen LogP contribution in [0.5, 0.6) is 0 Å². The van der Waals surface area contributed by atoms with E-state index in [2.05, 4.69) is 13.8 Å². The van der Waals surface area contributed by atoms with Gasteiger partial charge in [0, 0.05) is 12.1 Å². The molecule has 1 amide bonds. The third-order valence-corrected chi connectivity index (χ3v) is 2.14. The second-order valence-corrected chi connectivity index (χ2v) is 2.83. The summed E-state index contributed by atoms with van der Waals surface area (Å²) in [4.78, 5) is 12.2. The molecule has 0 unspecified atom stereocenters. The van der Waals surface area contributed by atoms with Crippen molar-refractivity contribution >= 4 is 6.41 Å². The molecule has 1 saturated heterocycles. The summed E-state index contributed by atoms with van der Waals surface area (Å²) in [6, 6.07) is 0.940. The number of carbonyl (C=O) groups is 1. The molecule has 2 heteroatoms. The maximum Gasteiger partial charge on any atom is 0.210 e. The number of nitrogens with zero attached hydrogens (tertiary/aromatic N) is 1. The summed E-state index contributed by atoms with van der Waals surface area (Å²) in [5.74, 6) is 0. The van der Waals surface area contributed by atoms with E-state index in [1.807, 2.05) is 4.90 Å². The molecule has 1 aliphatic heterocycles. The lowest BCUT2D eigenvalue weighted by molar-refractivity contribution is -0.120. The van der Waals surface area contributed by atoms with Crippen LogP contribution in [0.15, 0.2) is 0 Å². The minimum Gasteiger partial charge on any atom is -0.340 e. The monoisotopic (exact) mass is 127 g/mol. The highest BCUT2D eigenvalue weighted by atomic mass is 16.1. The van der Waals surface area contributed by atoms with Gasteiger partial charge in [-0.15, -0.1) is 0 Å². The lowest BCUT2D eigenvalue weighted by Gasteiger charge is -2.19. The first-order valence-electron chi connectivity index (χ1n) is 3.48. The van der Waals surface area contributed by atoms with Crippen molar-refractivity contribution in [2.75, 3.05) is 0 Å². The predicted molar refractivity (Wildman–Crippen MR) is 36.1 cm³/mol. The molecule has 1 rings (SSSR count). The molecule has 1 heterocycles. The molecular weight excluding hydrogens is 114 g/mol. The quantitative estimate of drug-likeness (QED) is 0.481. The van der Waals surface area contributed by atoms with E-state index in [1.165, 1.54) is 12.8 Å². The fourth-order valence-electron chi connectivity index (χ4n) is 1.42. The van der Waals surface area contributed by atoms with E-state index >= 15 is 0 Å². The van der Waals surface area contributed by atoms with Gasteiger partial charge in [0.25, 0.3) is 0 Å². The largest absolute Gasteiger partial charge is 0.340 e. The zero-order valence-corrected chi connectivity index (χ0v) is 6.00. The molecule has 2 nitrogen and oxygen atoms in total. The maximum atomic E-state index is 10.4. The van der Waals surface area contributed by atoms with E-state index in [4.69, 9.17) is 0 Å². The van der Waals surface area contributed by atoms with E-state index < -0.39 is 0 Å². The molecular formula is C7H13NO. The Morgan fingerprint density at radius 2 is 1.78 bits per heavy atom. The molecule has 0 aromatic heterocycles. The van der Waals surface area contributed by atoms with Crippen molar-refractivity contribution in [2.45, 2.75) is 38.8 Å². The third kappa shape index (κ3) is 1.07. The second kappa shape index (κ2) is 2.38. The van der Waals surface area contributed by atoms with Gasteiger partial charge in [0.1, 0.15) is 0 Å². The van der Waals surface area contributed by atoms with Crippen LogP contribution in [0.3, 0.4) is 0 Å². The highest BCUT2D eigenvalue weighted by Gasteiger charge is 2.24. The highest BCUT2D eigenvalue weighted by Crippen LogP contribution is 2.20. The van der Waals surface area contributed by atoms with Crippen molar-refractivity contribution in [2.24, 2.45) is 0 Å². The standard InChI is InChI=1S/C7H13NO/c1-6-3-4-7(2)8(6)5-9/h5-7H,3-4H2,1-2H3/t6-,7+. The molecule has 0 spiro atoms. The van der Waals surface area contributed by atoms with Crippen LogP contribution < -0.4 is 0 Å². The van der Waals surface area contributed by atoms with E-state index in [-0.39, 0.29) is 0 Å². The van der Waals surface area contributed by atoms with Gasteiger partial charge in [-0.2, -0.15) is 0 Å². The Balaban J connectivity index is 2.54. The summed E-state index contributed by atoms with van der Waals surface area (Å²) in [7, 11) is 0. The number of hydrogen-bond acceptors (Lipinski definition) is 1. The Morgan fingerprint density at radius 3 is 2.00 bits per heavy atom. The summed E-state index contributed by atoms with van der Waals surface area (Å²) in [6.07, 6.45) is 3.29. The Hall–Kier alpha value is -0.530. The first kappa shape index (κ1) is 6.59. The van der Waals surface area contributed by atoms with Crippen LogP contribution in [-0.4, -0.2) is 23.4 Å². The lowest BCUT2D eigenvalue weighted by Crippen LogP contribution is -2.30. The minimum atomic E-state index is 0.470. The molecule has 0 radical (unpaired) electrons. The molecule has 9 heavy (non-hydrogen) atoms. The SMILES string of the molecule is C[C@@H]1CC[C@H](C)N1C=O. The van der Waals surface area contributed by atoms with E-state index in [1.54, 1.807) is 0 Å². The van der Waals surface area contributed by atoms with Crippen molar-refractivity contribution in [1.29, 1.82) is 0 Å². The second-order valence-electron chi connectivity index (χ2n) is 2.83. The van der Waals surface area contributed by atoms with Crippen molar-refractivity contribution in [1.82, 2.24) is 4.90 Å². The predicted octanol–water partition coefficient (Wildman–Crippen LogP) is 1.02. The number of hydrogen-bond donors (Lipinski definition) is 0. The number of carbonyl (C=O) groups excluding carboxylic acids is 1. The number of rotatable bonds is 1. The topological polar surface area (TPSA) is 20.3 Å². The molecule has 1 aliphatic rings. The Labute approximate surface area is 55.8 Å². The lowest BCUT2D eigenvalue weighted by atomic mass is 10.2. The summed E-state index contributed by atoms with van der Waals surface area (Å²) >= 11 is 0. The van der Waals surface area contributed by atoms with Crippen molar-refractivity contribution in [3.63, 3.8) is 0 Å². The summed E-state index contributed by atoms with van der Waals surface area (Å²) in [5, 5.41) is 0. The molecule has 0 N–H and O–H groups in total. The zero-order valence-electron chi connectivity index (χ0n) is 6.00. The highest BCUT2D eigenvalue weighted by molar-refractivity contribution is 5.48. The first-order chi connectivity index (χ1) is 4.25. The summed E-state index contributed by atoms with van der Waals surface area (Å²) in [5.41, 5.74) is 0. The zero-order chi connectivity index (χ0) is 6.85. The van der Waals surface area contributed by atoms with Crippen molar-refractivity contribution in [3.05, 3.63) is 0 Å². The van der Waals surface area contributed by atoms with Crippen LogP contribution in [0.1, 0.15) is 26.7 Å². The average Bonchev–Trinajstić information content (AvgIpc) is 2.12. The molecule has 2 atom stereocenters. The fraction of sp³-hybridized carbons (Fsp3) is 0.857.